The lowest BCUT2D eigenvalue weighted by atomic mass is 9.94. The van der Waals surface area contributed by atoms with E-state index in [1.54, 1.807) is 6.92 Å². The summed E-state index contributed by atoms with van der Waals surface area (Å²) in [6.45, 7) is 6.14. The third-order valence-corrected chi connectivity index (χ3v) is 3.41. The first-order chi connectivity index (χ1) is 9.82. The topological polar surface area (TPSA) is 128 Å². The summed E-state index contributed by atoms with van der Waals surface area (Å²) in [7, 11) is 0. The van der Waals surface area contributed by atoms with E-state index in [1.165, 1.54) is 0 Å². The van der Waals surface area contributed by atoms with Crippen LogP contribution >= 0.6 is 0 Å². The first-order valence-electron chi connectivity index (χ1n) is 6.72. The van der Waals surface area contributed by atoms with Crippen LogP contribution in [-0.2, 0) is 4.74 Å². The lowest BCUT2D eigenvalue weighted by Crippen LogP contribution is -2.40. The summed E-state index contributed by atoms with van der Waals surface area (Å²) in [4.78, 5) is 18.8. The second-order valence-corrected chi connectivity index (χ2v) is 5.67. The van der Waals surface area contributed by atoms with Crippen LogP contribution in [0.15, 0.2) is 0 Å². The first-order valence-corrected chi connectivity index (χ1v) is 6.72. The van der Waals surface area contributed by atoms with Gasteiger partial charge in [0.25, 0.3) is 0 Å². The molecule has 9 nitrogen and oxygen atoms in total. The van der Waals surface area contributed by atoms with Gasteiger partial charge in [-0.3, -0.25) is 15.5 Å². The fourth-order valence-electron chi connectivity index (χ4n) is 2.50. The molecule has 1 saturated heterocycles. The van der Waals surface area contributed by atoms with Crippen molar-refractivity contribution in [3.05, 3.63) is 15.8 Å². The highest BCUT2D eigenvalue weighted by molar-refractivity contribution is 5.61. The molecule has 0 amide bonds. The highest BCUT2D eigenvalue weighted by atomic mass is 16.6. The molecule has 0 aromatic carbocycles. The lowest BCUT2D eigenvalue weighted by molar-refractivity contribution is -0.385. The van der Waals surface area contributed by atoms with E-state index in [9.17, 15) is 10.1 Å². The predicted octanol–water partition coefficient (Wildman–Crippen LogP) is 1.35. The SMILES string of the molecule is Cc1nc(NN)nc(NC2CCOC(C)(C)C2)c1[N+](=O)[O-]. The number of nitrogens with one attached hydrogen (secondary N) is 2. The van der Waals surface area contributed by atoms with E-state index in [1.807, 2.05) is 13.8 Å². The minimum absolute atomic E-state index is 0.0485. The van der Waals surface area contributed by atoms with Gasteiger partial charge in [0.15, 0.2) is 0 Å². The van der Waals surface area contributed by atoms with Gasteiger partial charge < -0.3 is 10.1 Å². The Labute approximate surface area is 122 Å². The highest BCUT2D eigenvalue weighted by Crippen LogP contribution is 2.31. The van der Waals surface area contributed by atoms with Crippen LogP contribution in [0.1, 0.15) is 32.4 Å². The van der Waals surface area contributed by atoms with Crippen LogP contribution in [-0.4, -0.2) is 33.1 Å². The smallest absolute Gasteiger partial charge is 0.332 e. The Morgan fingerprint density at radius 3 is 2.76 bits per heavy atom. The standard InChI is InChI=1S/C12H20N6O3/c1-7-9(18(19)20)10(16-11(14-7)17-13)15-8-4-5-21-12(2,3)6-8/h8H,4-6,13H2,1-3H3,(H2,14,15,16,17). The lowest BCUT2D eigenvalue weighted by Gasteiger charge is -2.35. The molecule has 0 spiro atoms. The number of aryl methyl sites for hydroxylation is 1. The molecule has 0 radical (unpaired) electrons. The van der Waals surface area contributed by atoms with E-state index in [0.29, 0.717) is 6.61 Å². The summed E-state index contributed by atoms with van der Waals surface area (Å²) in [5.74, 6) is 5.63. The fourth-order valence-corrected chi connectivity index (χ4v) is 2.50. The Kier molecular flexibility index (Phi) is 4.24. The van der Waals surface area contributed by atoms with Gasteiger partial charge in [0.05, 0.1) is 10.5 Å². The van der Waals surface area contributed by atoms with Crippen LogP contribution in [0, 0.1) is 17.0 Å². The number of nitrogen functional groups attached to an aromatic ring is 1. The minimum Gasteiger partial charge on any atom is -0.375 e. The van der Waals surface area contributed by atoms with Crippen LogP contribution in [0.2, 0.25) is 0 Å². The zero-order valence-electron chi connectivity index (χ0n) is 12.3. The minimum atomic E-state index is -0.484. The first kappa shape index (κ1) is 15.4. The fraction of sp³-hybridized carbons (Fsp3) is 0.667. The maximum atomic E-state index is 11.2. The second-order valence-electron chi connectivity index (χ2n) is 5.67. The van der Waals surface area contributed by atoms with Crippen molar-refractivity contribution in [2.45, 2.75) is 45.3 Å². The molecule has 2 rings (SSSR count). The van der Waals surface area contributed by atoms with Gasteiger partial charge in [0, 0.05) is 12.6 Å². The molecular weight excluding hydrogens is 276 g/mol. The molecule has 2 heterocycles. The van der Waals surface area contributed by atoms with Crippen LogP contribution in [0.5, 0.6) is 0 Å². The van der Waals surface area contributed by atoms with Gasteiger partial charge in [-0.15, -0.1) is 0 Å². The summed E-state index contributed by atoms with van der Waals surface area (Å²) in [5, 5.41) is 14.4. The molecule has 0 saturated carbocycles. The summed E-state index contributed by atoms with van der Waals surface area (Å²) < 4.78 is 5.64. The number of rotatable bonds is 4. The van der Waals surface area contributed by atoms with E-state index >= 15 is 0 Å². The maximum Gasteiger partial charge on any atom is 0.332 e. The average Bonchev–Trinajstić information content (AvgIpc) is 2.36. The number of ether oxygens (including phenoxy) is 1. The molecule has 9 heteroatoms. The van der Waals surface area contributed by atoms with Crippen LogP contribution < -0.4 is 16.6 Å². The van der Waals surface area contributed by atoms with Gasteiger partial charge >= 0.3 is 5.69 Å². The van der Waals surface area contributed by atoms with E-state index in [0.717, 1.165) is 12.8 Å². The number of hydrazine groups is 1. The van der Waals surface area contributed by atoms with Crippen molar-refractivity contribution >= 4 is 17.5 Å². The number of hydrogen-bond acceptors (Lipinski definition) is 8. The summed E-state index contributed by atoms with van der Waals surface area (Å²) in [6.07, 6.45) is 1.49. The number of nitrogens with zero attached hydrogens (tertiary/aromatic N) is 3. The van der Waals surface area contributed by atoms with Crippen molar-refractivity contribution in [1.29, 1.82) is 0 Å². The monoisotopic (exact) mass is 296 g/mol. The van der Waals surface area contributed by atoms with Gasteiger partial charge in [-0.05, 0) is 33.6 Å². The molecule has 4 N–H and O–H groups in total. The van der Waals surface area contributed by atoms with Gasteiger partial charge in [-0.25, -0.2) is 10.8 Å². The Morgan fingerprint density at radius 2 is 2.19 bits per heavy atom. The zero-order chi connectivity index (χ0) is 15.6. The predicted molar refractivity (Wildman–Crippen MR) is 77.9 cm³/mol. The van der Waals surface area contributed by atoms with Gasteiger partial charge in [-0.1, -0.05) is 0 Å². The second kappa shape index (κ2) is 5.78. The molecule has 1 aromatic heterocycles. The highest BCUT2D eigenvalue weighted by Gasteiger charge is 2.31. The third-order valence-electron chi connectivity index (χ3n) is 3.41. The summed E-state index contributed by atoms with van der Waals surface area (Å²) in [6, 6.07) is 0.0485. The van der Waals surface area contributed by atoms with Crippen molar-refractivity contribution in [3.8, 4) is 0 Å². The maximum absolute atomic E-state index is 11.2. The number of anilines is 2. The molecule has 1 aliphatic rings. The molecule has 1 aromatic rings. The van der Waals surface area contributed by atoms with E-state index in [4.69, 9.17) is 10.6 Å². The Bertz CT molecular complexity index is 548. The Morgan fingerprint density at radius 1 is 1.48 bits per heavy atom. The molecular formula is C12H20N6O3. The van der Waals surface area contributed by atoms with Gasteiger partial charge in [-0.2, -0.15) is 4.98 Å². The molecule has 0 aliphatic carbocycles. The van der Waals surface area contributed by atoms with Crippen molar-refractivity contribution in [1.82, 2.24) is 9.97 Å². The molecule has 0 bridgehead atoms. The summed E-state index contributed by atoms with van der Waals surface area (Å²) >= 11 is 0. The Balaban J connectivity index is 2.29. The van der Waals surface area contributed by atoms with Gasteiger partial charge in [0.1, 0.15) is 5.69 Å². The molecule has 1 unspecified atom stereocenters. The quantitative estimate of drug-likeness (QED) is 0.431. The van der Waals surface area contributed by atoms with E-state index in [-0.39, 0.29) is 34.8 Å². The number of nitrogens with two attached hydrogens (primary N) is 1. The van der Waals surface area contributed by atoms with Crippen LogP contribution in [0.3, 0.4) is 0 Å². The normalized spacial score (nSPS) is 20.9. The number of aromatic nitrogens is 2. The van der Waals surface area contributed by atoms with Crippen molar-refractivity contribution in [2.75, 3.05) is 17.3 Å². The zero-order valence-corrected chi connectivity index (χ0v) is 12.3. The largest absolute Gasteiger partial charge is 0.375 e. The number of nitro groups is 1. The number of hydrogen-bond donors (Lipinski definition) is 3. The molecule has 116 valence electrons. The van der Waals surface area contributed by atoms with Crippen LogP contribution in [0.25, 0.3) is 0 Å². The summed E-state index contributed by atoms with van der Waals surface area (Å²) in [5.41, 5.74) is 2.19. The van der Waals surface area contributed by atoms with E-state index < -0.39 is 4.92 Å². The van der Waals surface area contributed by atoms with Crippen molar-refractivity contribution in [2.24, 2.45) is 5.84 Å². The Hall–Kier alpha value is -2.00. The molecule has 21 heavy (non-hydrogen) atoms. The van der Waals surface area contributed by atoms with Crippen molar-refractivity contribution < 1.29 is 9.66 Å². The molecule has 1 fully saturated rings. The van der Waals surface area contributed by atoms with Gasteiger partial charge in [0.2, 0.25) is 11.8 Å². The van der Waals surface area contributed by atoms with Crippen LogP contribution in [0.4, 0.5) is 17.5 Å². The average molecular weight is 296 g/mol. The molecule has 1 atom stereocenters. The van der Waals surface area contributed by atoms with Crippen molar-refractivity contribution in [3.63, 3.8) is 0 Å². The van der Waals surface area contributed by atoms with E-state index in [2.05, 4.69) is 20.7 Å². The third kappa shape index (κ3) is 3.56. The molecule has 1 aliphatic heterocycles.